The summed E-state index contributed by atoms with van der Waals surface area (Å²) in [5.74, 6) is -2.99. The van der Waals surface area contributed by atoms with E-state index in [0.717, 1.165) is 0 Å². The third-order valence-electron chi connectivity index (χ3n) is 6.80. The first kappa shape index (κ1) is 22.2. The van der Waals surface area contributed by atoms with Crippen LogP contribution in [0.5, 0.6) is 0 Å². The molecule has 0 aromatic carbocycles. The quantitative estimate of drug-likeness (QED) is 0.575. The van der Waals surface area contributed by atoms with E-state index in [1.54, 1.807) is 15.9 Å². The van der Waals surface area contributed by atoms with Gasteiger partial charge in [0.15, 0.2) is 0 Å². The van der Waals surface area contributed by atoms with Crippen LogP contribution >= 0.6 is 11.8 Å². The maximum absolute atomic E-state index is 13.8. The van der Waals surface area contributed by atoms with Gasteiger partial charge in [0.25, 0.3) is 0 Å². The molecule has 2 N–H and O–H groups in total. The fourth-order valence-corrected chi connectivity index (χ4v) is 7.67. The largest absolute Gasteiger partial charge is 0.481 e. The van der Waals surface area contributed by atoms with Crippen LogP contribution in [0.15, 0.2) is 12.7 Å². The Morgan fingerprint density at radius 3 is 2.52 bits per heavy atom. The zero-order valence-corrected chi connectivity index (χ0v) is 18.4. The number of amides is 2. The molecule has 0 radical (unpaired) electrons. The molecule has 3 aliphatic rings. The second-order valence-electron chi connectivity index (χ2n) is 9.01. The minimum Gasteiger partial charge on any atom is -0.481 e. The van der Waals surface area contributed by atoms with Crippen LogP contribution in [0.3, 0.4) is 0 Å². The number of carbonyl (C=O) groups excluding carboxylic acids is 2. The van der Waals surface area contributed by atoms with Crippen molar-refractivity contribution in [2.45, 2.75) is 68.7 Å². The van der Waals surface area contributed by atoms with E-state index in [4.69, 9.17) is 0 Å². The van der Waals surface area contributed by atoms with Gasteiger partial charge in [-0.25, -0.2) is 0 Å². The van der Waals surface area contributed by atoms with Gasteiger partial charge in [-0.1, -0.05) is 19.9 Å². The summed E-state index contributed by atoms with van der Waals surface area (Å²) >= 11 is 1.52. The Labute approximate surface area is 176 Å². The van der Waals surface area contributed by atoms with Crippen LogP contribution in [0.25, 0.3) is 0 Å². The molecule has 2 bridgehead atoms. The first-order valence-electron chi connectivity index (χ1n) is 10.4. The Kier molecular flexibility index (Phi) is 6.07. The molecule has 3 aliphatic heterocycles. The van der Waals surface area contributed by atoms with E-state index in [-0.39, 0.29) is 35.6 Å². The summed E-state index contributed by atoms with van der Waals surface area (Å²) in [7, 11) is 0. The van der Waals surface area contributed by atoms with Crippen LogP contribution in [0.4, 0.5) is 0 Å². The lowest BCUT2D eigenvalue weighted by Gasteiger charge is -2.41. The maximum Gasteiger partial charge on any atom is 0.308 e. The number of aliphatic hydroxyl groups is 1. The van der Waals surface area contributed by atoms with Gasteiger partial charge in [-0.3, -0.25) is 14.4 Å². The van der Waals surface area contributed by atoms with Gasteiger partial charge in [-0.15, -0.1) is 18.3 Å². The van der Waals surface area contributed by atoms with Gasteiger partial charge in [0.2, 0.25) is 11.8 Å². The van der Waals surface area contributed by atoms with Crippen molar-refractivity contribution in [1.29, 1.82) is 0 Å². The monoisotopic (exact) mass is 424 g/mol. The van der Waals surface area contributed by atoms with E-state index in [2.05, 4.69) is 6.58 Å². The molecule has 2 amide bonds. The number of hydrogen-bond donors (Lipinski definition) is 2. The first-order chi connectivity index (χ1) is 13.6. The van der Waals surface area contributed by atoms with E-state index in [9.17, 15) is 24.6 Å². The topological polar surface area (TPSA) is 98.2 Å². The molecule has 3 rings (SSSR count). The molecule has 1 spiro atoms. The minimum atomic E-state index is -0.965. The number of carboxylic acid groups (broad SMARTS) is 1. The molecule has 0 aliphatic carbocycles. The Morgan fingerprint density at radius 1 is 1.38 bits per heavy atom. The Balaban J connectivity index is 2.13. The van der Waals surface area contributed by atoms with Crippen LogP contribution in [0, 0.1) is 17.8 Å². The van der Waals surface area contributed by atoms with Crippen LogP contribution in [0.1, 0.15) is 40.5 Å². The summed E-state index contributed by atoms with van der Waals surface area (Å²) in [5, 5.41) is 19.8. The minimum absolute atomic E-state index is 0.0631. The van der Waals surface area contributed by atoms with Gasteiger partial charge in [-0.05, 0) is 32.6 Å². The second-order valence-corrected chi connectivity index (χ2v) is 10.6. The molecule has 0 aromatic rings. The number of aliphatic hydroxyl groups excluding tert-OH is 1. The van der Waals surface area contributed by atoms with Crippen molar-refractivity contribution in [2.75, 3.05) is 13.2 Å². The Morgan fingerprint density at radius 2 is 2.03 bits per heavy atom. The van der Waals surface area contributed by atoms with Crippen LogP contribution in [-0.2, 0) is 14.4 Å². The highest BCUT2D eigenvalue weighted by molar-refractivity contribution is 8.02. The third kappa shape index (κ3) is 3.19. The number of likely N-dealkylation sites (tertiary alicyclic amines) is 1. The van der Waals surface area contributed by atoms with Gasteiger partial charge in [0, 0.05) is 17.8 Å². The third-order valence-corrected chi connectivity index (χ3v) is 8.76. The van der Waals surface area contributed by atoms with Crippen LogP contribution < -0.4 is 0 Å². The van der Waals surface area contributed by atoms with Crippen molar-refractivity contribution in [3.05, 3.63) is 12.7 Å². The standard InChI is InChI=1S/C21H32N2O5S/c1-6-9-22(12(4)5)19(26)17-21-8-7-14(29-21)15(20(27)28)16(21)18(25)23(17)13(10-24)11(2)3/h6,11-17,24H,1,7-10H2,2-5H3,(H,27,28)/t13-,14-,15+,16-,17?,21?/m0/s1. The molecule has 7 nitrogen and oxygen atoms in total. The fraction of sp³-hybridized carbons (Fsp3) is 0.762. The molecule has 8 heteroatoms. The molecular formula is C21H32N2O5S. The molecule has 3 fully saturated rings. The molecule has 6 atom stereocenters. The first-order valence-corrected chi connectivity index (χ1v) is 11.2. The molecule has 162 valence electrons. The molecule has 2 unspecified atom stereocenters. The molecule has 3 heterocycles. The molecular weight excluding hydrogens is 392 g/mol. The van der Waals surface area contributed by atoms with Crippen molar-refractivity contribution >= 4 is 29.5 Å². The van der Waals surface area contributed by atoms with E-state index >= 15 is 0 Å². The van der Waals surface area contributed by atoms with Crippen molar-refractivity contribution in [3.8, 4) is 0 Å². The summed E-state index contributed by atoms with van der Waals surface area (Å²) in [6.45, 7) is 11.5. The molecule has 29 heavy (non-hydrogen) atoms. The highest BCUT2D eigenvalue weighted by Gasteiger charge is 2.74. The van der Waals surface area contributed by atoms with Gasteiger partial charge in [-0.2, -0.15) is 0 Å². The summed E-state index contributed by atoms with van der Waals surface area (Å²) < 4.78 is -0.738. The number of aliphatic carboxylic acids is 1. The average molecular weight is 425 g/mol. The van der Waals surface area contributed by atoms with Gasteiger partial charge < -0.3 is 20.0 Å². The van der Waals surface area contributed by atoms with Crippen molar-refractivity contribution in [2.24, 2.45) is 17.8 Å². The van der Waals surface area contributed by atoms with Crippen LogP contribution in [0.2, 0.25) is 0 Å². The summed E-state index contributed by atoms with van der Waals surface area (Å²) in [6.07, 6.45) is 3.00. The van der Waals surface area contributed by atoms with Gasteiger partial charge in [0.05, 0.1) is 29.2 Å². The smallest absolute Gasteiger partial charge is 0.308 e. The lowest BCUT2D eigenvalue weighted by molar-refractivity contribution is -0.150. The molecule has 3 saturated heterocycles. The highest BCUT2D eigenvalue weighted by atomic mass is 32.2. The zero-order valence-electron chi connectivity index (χ0n) is 17.6. The molecule has 0 aromatic heterocycles. The van der Waals surface area contributed by atoms with E-state index < -0.39 is 34.6 Å². The Hall–Kier alpha value is -1.54. The second kappa shape index (κ2) is 7.95. The SMILES string of the molecule is C=CCN(C(=O)C1N([C@@H](CO)C(C)C)C(=O)[C@@H]2[C@H](C(=O)O)[C@@H]3CCC12S3)C(C)C. The van der Waals surface area contributed by atoms with Gasteiger partial charge >= 0.3 is 5.97 Å². The van der Waals surface area contributed by atoms with Crippen molar-refractivity contribution < 1.29 is 24.6 Å². The lowest BCUT2D eigenvalue weighted by Crippen LogP contribution is -2.59. The average Bonchev–Trinajstić information content (AvgIpc) is 3.27. The number of hydrogen-bond acceptors (Lipinski definition) is 5. The predicted octanol–water partition coefficient (Wildman–Crippen LogP) is 1.60. The fourth-order valence-electron chi connectivity index (χ4n) is 5.48. The van der Waals surface area contributed by atoms with E-state index in [1.807, 2.05) is 27.7 Å². The number of fused-ring (bicyclic) bond motifs is 1. The molecule has 0 saturated carbocycles. The number of nitrogens with zero attached hydrogens (tertiary/aromatic N) is 2. The summed E-state index contributed by atoms with van der Waals surface area (Å²) in [6, 6.07) is -1.37. The van der Waals surface area contributed by atoms with E-state index in [0.29, 0.717) is 19.4 Å². The summed E-state index contributed by atoms with van der Waals surface area (Å²) in [5.41, 5.74) is 0. The van der Waals surface area contributed by atoms with E-state index in [1.165, 1.54) is 11.8 Å². The predicted molar refractivity (Wildman–Crippen MR) is 111 cm³/mol. The number of thioether (sulfide) groups is 1. The Bertz CT molecular complexity index is 711. The highest BCUT2D eigenvalue weighted by Crippen LogP contribution is 2.66. The maximum atomic E-state index is 13.8. The number of carbonyl (C=O) groups is 3. The number of rotatable bonds is 8. The zero-order chi connectivity index (χ0) is 21.7. The summed E-state index contributed by atoms with van der Waals surface area (Å²) in [4.78, 5) is 42.7. The normalized spacial score (nSPS) is 34.0. The van der Waals surface area contributed by atoms with Crippen LogP contribution in [-0.4, -0.2) is 79.1 Å². The number of carboxylic acids is 1. The van der Waals surface area contributed by atoms with Gasteiger partial charge in [0.1, 0.15) is 6.04 Å². The van der Waals surface area contributed by atoms with Crippen molar-refractivity contribution in [3.63, 3.8) is 0 Å². The van der Waals surface area contributed by atoms with Crippen molar-refractivity contribution in [1.82, 2.24) is 9.80 Å². The lowest BCUT2D eigenvalue weighted by atomic mass is 9.71.